The van der Waals surface area contributed by atoms with E-state index in [9.17, 15) is 0 Å². The fraction of sp³-hybridized carbons (Fsp3) is 0.667. The summed E-state index contributed by atoms with van der Waals surface area (Å²) in [5.41, 5.74) is 1.03. The molecule has 0 spiro atoms. The molecular weight excluding hydrogens is 222 g/mol. The molecule has 16 heavy (non-hydrogen) atoms. The van der Waals surface area contributed by atoms with Gasteiger partial charge in [0, 0.05) is 30.2 Å². The van der Waals surface area contributed by atoms with Crippen LogP contribution in [0.5, 0.6) is 0 Å². The van der Waals surface area contributed by atoms with Crippen molar-refractivity contribution in [2.45, 2.75) is 32.6 Å². The van der Waals surface area contributed by atoms with Crippen molar-refractivity contribution in [2.75, 3.05) is 18.0 Å². The van der Waals surface area contributed by atoms with Crippen molar-refractivity contribution in [1.82, 2.24) is 9.97 Å². The fourth-order valence-electron chi connectivity index (χ4n) is 2.18. The quantitative estimate of drug-likeness (QED) is 0.706. The van der Waals surface area contributed by atoms with Gasteiger partial charge in [-0.25, -0.2) is 9.97 Å². The standard InChI is InChI=1S/C12H18ClN3/c1-8-7-16(5-4-11(8)13)12-6-9(2)14-10(3)15-12/h6,8,11H,4-5,7H2,1-3H3. The Morgan fingerprint density at radius 3 is 2.75 bits per heavy atom. The van der Waals surface area contributed by atoms with Crippen LogP contribution in [0.4, 0.5) is 5.82 Å². The van der Waals surface area contributed by atoms with Crippen LogP contribution in [0.25, 0.3) is 0 Å². The maximum Gasteiger partial charge on any atom is 0.132 e. The highest BCUT2D eigenvalue weighted by molar-refractivity contribution is 6.20. The minimum Gasteiger partial charge on any atom is -0.356 e. The van der Waals surface area contributed by atoms with Crippen molar-refractivity contribution in [3.05, 3.63) is 17.6 Å². The van der Waals surface area contributed by atoms with E-state index in [1.807, 2.05) is 19.9 Å². The van der Waals surface area contributed by atoms with Gasteiger partial charge in [0.15, 0.2) is 0 Å². The van der Waals surface area contributed by atoms with Gasteiger partial charge < -0.3 is 4.90 Å². The second-order valence-corrected chi connectivity index (χ2v) is 5.20. The van der Waals surface area contributed by atoms with Crippen molar-refractivity contribution in [1.29, 1.82) is 0 Å². The molecule has 2 rings (SSSR count). The highest BCUT2D eigenvalue weighted by Gasteiger charge is 2.25. The summed E-state index contributed by atoms with van der Waals surface area (Å²) in [5, 5.41) is 0.306. The molecule has 1 aromatic heterocycles. The van der Waals surface area contributed by atoms with Crippen LogP contribution in [0.15, 0.2) is 6.07 Å². The lowest BCUT2D eigenvalue weighted by molar-refractivity contribution is 0.452. The number of aryl methyl sites for hydroxylation is 2. The van der Waals surface area contributed by atoms with Crippen molar-refractivity contribution < 1.29 is 0 Å². The van der Waals surface area contributed by atoms with Gasteiger partial charge in [-0.3, -0.25) is 0 Å². The molecule has 0 bridgehead atoms. The van der Waals surface area contributed by atoms with Crippen molar-refractivity contribution in [2.24, 2.45) is 5.92 Å². The lowest BCUT2D eigenvalue weighted by Crippen LogP contribution is -2.40. The number of nitrogens with zero attached hydrogens (tertiary/aromatic N) is 3. The number of anilines is 1. The molecule has 0 aromatic carbocycles. The second kappa shape index (κ2) is 4.58. The summed E-state index contributed by atoms with van der Waals surface area (Å²) in [6, 6.07) is 2.05. The van der Waals surface area contributed by atoms with Gasteiger partial charge in [-0.05, 0) is 26.2 Å². The molecule has 0 radical (unpaired) electrons. The number of piperidine rings is 1. The van der Waals surface area contributed by atoms with Gasteiger partial charge in [0.1, 0.15) is 11.6 Å². The molecule has 0 saturated carbocycles. The van der Waals surface area contributed by atoms with Crippen molar-refractivity contribution >= 4 is 17.4 Å². The number of halogens is 1. The first kappa shape index (κ1) is 11.6. The summed E-state index contributed by atoms with van der Waals surface area (Å²) in [5.74, 6) is 2.40. The normalized spacial score (nSPS) is 25.9. The third-order valence-corrected chi connectivity index (χ3v) is 3.73. The van der Waals surface area contributed by atoms with Gasteiger partial charge in [-0.2, -0.15) is 0 Å². The summed E-state index contributed by atoms with van der Waals surface area (Å²) >= 11 is 6.22. The van der Waals surface area contributed by atoms with Crippen molar-refractivity contribution in [3.63, 3.8) is 0 Å². The molecule has 1 aliphatic rings. The SMILES string of the molecule is Cc1cc(N2CCC(Cl)C(C)C2)nc(C)n1. The predicted molar refractivity (Wildman–Crippen MR) is 67.1 cm³/mol. The Morgan fingerprint density at radius 2 is 2.12 bits per heavy atom. The molecule has 4 heteroatoms. The van der Waals surface area contributed by atoms with E-state index in [2.05, 4.69) is 21.8 Å². The van der Waals surface area contributed by atoms with E-state index in [0.29, 0.717) is 11.3 Å². The Labute approximate surface area is 102 Å². The fourth-order valence-corrected chi connectivity index (χ4v) is 2.36. The first-order valence-corrected chi connectivity index (χ1v) is 6.21. The van der Waals surface area contributed by atoms with Crippen LogP contribution in [0.2, 0.25) is 0 Å². The molecule has 0 N–H and O–H groups in total. The minimum atomic E-state index is 0.306. The molecule has 0 amide bonds. The summed E-state index contributed by atoms with van der Waals surface area (Å²) in [6.07, 6.45) is 1.03. The van der Waals surface area contributed by atoms with Gasteiger partial charge in [0.25, 0.3) is 0 Å². The monoisotopic (exact) mass is 239 g/mol. The van der Waals surface area contributed by atoms with Crippen LogP contribution >= 0.6 is 11.6 Å². The van der Waals surface area contributed by atoms with Gasteiger partial charge in [0.05, 0.1) is 0 Å². The molecule has 2 atom stereocenters. The Balaban J connectivity index is 2.18. The molecule has 1 aromatic rings. The Bertz CT molecular complexity index is 360. The number of hydrogen-bond acceptors (Lipinski definition) is 3. The molecular formula is C12H18ClN3. The lowest BCUT2D eigenvalue weighted by Gasteiger charge is -2.35. The topological polar surface area (TPSA) is 29.0 Å². The zero-order chi connectivity index (χ0) is 11.7. The van der Waals surface area contributed by atoms with E-state index < -0.39 is 0 Å². The summed E-state index contributed by atoms with van der Waals surface area (Å²) in [6.45, 7) is 8.13. The third-order valence-electron chi connectivity index (χ3n) is 3.08. The Morgan fingerprint density at radius 1 is 1.38 bits per heavy atom. The third kappa shape index (κ3) is 2.46. The van der Waals surface area contributed by atoms with E-state index in [1.165, 1.54) is 0 Å². The smallest absolute Gasteiger partial charge is 0.132 e. The maximum absolute atomic E-state index is 6.22. The largest absolute Gasteiger partial charge is 0.356 e. The Hall–Kier alpha value is -0.830. The zero-order valence-electron chi connectivity index (χ0n) is 10.1. The number of aromatic nitrogens is 2. The Kier molecular flexibility index (Phi) is 3.33. The number of hydrogen-bond donors (Lipinski definition) is 0. The van der Waals surface area contributed by atoms with Crippen LogP contribution in [-0.4, -0.2) is 28.4 Å². The van der Waals surface area contributed by atoms with Crippen molar-refractivity contribution in [3.8, 4) is 0 Å². The molecule has 1 aliphatic heterocycles. The van der Waals surface area contributed by atoms with E-state index in [4.69, 9.17) is 11.6 Å². The van der Waals surface area contributed by atoms with Crippen LogP contribution in [0, 0.1) is 19.8 Å². The number of alkyl halides is 1. The summed E-state index contributed by atoms with van der Waals surface area (Å²) in [4.78, 5) is 11.1. The first-order chi connectivity index (χ1) is 7.56. The molecule has 2 unspecified atom stereocenters. The van der Waals surface area contributed by atoms with Crippen LogP contribution in [-0.2, 0) is 0 Å². The molecule has 1 fully saturated rings. The molecule has 88 valence electrons. The molecule has 1 saturated heterocycles. The number of rotatable bonds is 1. The average molecular weight is 240 g/mol. The maximum atomic E-state index is 6.22. The average Bonchev–Trinajstić information content (AvgIpc) is 2.20. The highest BCUT2D eigenvalue weighted by atomic mass is 35.5. The molecule has 2 heterocycles. The van der Waals surface area contributed by atoms with Gasteiger partial charge in [-0.1, -0.05) is 6.92 Å². The van der Waals surface area contributed by atoms with Crippen LogP contribution < -0.4 is 4.90 Å². The summed E-state index contributed by atoms with van der Waals surface area (Å²) < 4.78 is 0. The van der Waals surface area contributed by atoms with Gasteiger partial charge in [0.2, 0.25) is 0 Å². The van der Waals surface area contributed by atoms with Crippen LogP contribution in [0.3, 0.4) is 0 Å². The van der Waals surface area contributed by atoms with E-state index in [-0.39, 0.29) is 0 Å². The van der Waals surface area contributed by atoms with Gasteiger partial charge in [-0.15, -0.1) is 11.6 Å². The molecule has 3 nitrogen and oxygen atoms in total. The van der Waals surface area contributed by atoms with E-state index in [1.54, 1.807) is 0 Å². The second-order valence-electron chi connectivity index (χ2n) is 4.64. The molecule has 0 aliphatic carbocycles. The summed E-state index contributed by atoms with van der Waals surface area (Å²) in [7, 11) is 0. The van der Waals surface area contributed by atoms with Crippen LogP contribution in [0.1, 0.15) is 24.9 Å². The predicted octanol–water partition coefficient (Wildman–Crippen LogP) is 2.55. The zero-order valence-corrected chi connectivity index (χ0v) is 10.8. The first-order valence-electron chi connectivity index (χ1n) is 5.77. The lowest BCUT2D eigenvalue weighted by atomic mass is 9.99. The highest BCUT2D eigenvalue weighted by Crippen LogP contribution is 2.25. The van der Waals surface area contributed by atoms with Gasteiger partial charge >= 0.3 is 0 Å². The van der Waals surface area contributed by atoms with E-state index >= 15 is 0 Å². The van der Waals surface area contributed by atoms with E-state index in [0.717, 1.165) is 36.8 Å². The minimum absolute atomic E-state index is 0.306.